The Kier molecular flexibility index (Phi) is 4.86. The van der Waals surface area contributed by atoms with Crippen molar-refractivity contribution in [2.75, 3.05) is 18.5 Å². The van der Waals surface area contributed by atoms with Crippen LogP contribution in [-0.4, -0.2) is 41.0 Å². The lowest BCUT2D eigenvalue weighted by atomic mass is 10.1. The summed E-state index contributed by atoms with van der Waals surface area (Å²) in [5, 5.41) is 2.75. The largest absolute Gasteiger partial charge is 0.369 e. The minimum Gasteiger partial charge on any atom is -0.369 e. The van der Waals surface area contributed by atoms with Crippen LogP contribution in [0.1, 0.15) is 11.1 Å². The second kappa shape index (κ2) is 7.23. The number of benzene rings is 1. The Morgan fingerprint density at radius 1 is 1.29 bits per heavy atom. The molecule has 1 fully saturated rings. The van der Waals surface area contributed by atoms with Gasteiger partial charge in [-0.15, -0.1) is 0 Å². The summed E-state index contributed by atoms with van der Waals surface area (Å²) in [6.07, 6.45) is 1.68. The average molecular weight is 325 g/mol. The van der Waals surface area contributed by atoms with Gasteiger partial charge in [-0.2, -0.15) is 0 Å². The molecule has 0 spiro atoms. The van der Waals surface area contributed by atoms with Crippen LogP contribution in [0, 0.1) is 6.92 Å². The highest BCUT2D eigenvalue weighted by Crippen LogP contribution is 2.15. The van der Waals surface area contributed by atoms with E-state index in [0.29, 0.717) is 12.4 Å². The highest BCUT2D eigenvalue weighted by molar-refractivity contribution is 5.97. The van der Waals surface area contributed by atoms with E-state index in [4.69, 9.17) is 4.74 Å². The molecule has 0 aliphatic carbocycles. The summed E-state index contributed by atoms with van der Waals surface area (Å²) in [5.74, 6) is -0.0271. The van der Waals surface area contributed by atoms with Gasteiger partial charge in [-0.3, -0.25) is 9.59 Å². The zero-order chi connectivity index (χ0) is 16.9. The standard InChI is InChI=1S/C18H19N3O3/c1-13-7-8-16(19-9-13)20-18(23)15-11-24-12-17(22)21(15)10-14-5-3-2-4-6-14/h2-9,15H,10-12H2,1H3,(H,19,20,23)/t15-/m0/s1. The van der Waals surface area contributed by atoms with Gasteiger partial charge in [-0.05, 0) is 24.1 Å². The van der Waals surface area contributed by atoms with Crippen LogP contribution in [0.15, 0.2) is 48.7 Å². The van der Waals surface area contributed by atoms with Gasteiger partial charge in [0.05, 0.1) is 6.61 Å². The van der Waals surface area contributed by atoms with Gasteiger partial charge in [0.2, 0.25) is 5.91 Å². The fourth-order valence-corrected chi connectivity index (χ4v) is 2.55. The number of carbonyl (C=O) groups is 2. The summed E-state index contributed by atoms with van der Waals surface area (Å²) in [5.41, 5.74) is 1.98. The number of hydrogen-bond donors (Lipinski definition) is 1. The maximum Gasteiger partial charge on any atom is 0.250 e. The Balaban J connectivity index is 1.74. The smallest absolute Gasteiger partial charge is 0.250 e. The van der Waals surface area contributed by atoms with Crippen molar-refractivity contribution in [3.05, 3.63) is 59.8 Å². The number of aryl methyl sites for hydroxylation is 1. The molecule has 1 saturated heterocycles. The van der Waals surface area contributed by atoms with Crippen LogP contribution in [0.2, 0.25) is 0 Å². The molecular formula is C18H19N3O3. The minimum atomic E-state index is -0.672. The van der Waals surface area contributed by atoms with Crippen molar-refractivity contribution in [3.63, 3.8) is 0 Å². The Morgan fingerprint density at radius 3 is 2.79 bits per heavy atom. The Hall–Kier alpha value is -2.73. The molecule has 6 heteroatoms. The lowest BCUT2D eigenvalue weighted by molar-refractivity contribution is -0.154. The van der Waals surface area contributed by atoms with Crippen molar-refractivity contribution >= 4 is 17.6 Å². The van der Waals surface area contributed by atoms with Crippen LogP contribution in [0.3, 0.4) is 0 Å². The van der Waals surface area contributed by atoms with Crippen molar-refractivity contribution in [2.45, 2.75) is 19.5 Å². The lowest BCUT2D eigenvalue weighted by Crippen LogP contribution is -2.54. The molecule has 1 aliphatic heterocycles. The number of carbonyl (C=O) groups excluding carboxylic acids is 2. The van der Waals surface area contributed by atoms with Crippen LogP contribution in [-0.2, 0) is 20.9 Å². The quantitative estimate of drug-likeness (QED) is 0.930. The minimum absolute atomic E-state index is 0.000600. The molecule has 1 aliphatic rings. The van der Waals surface area contributed by atoms with Crippen LogP contribution < -0.4 is 5.32 Å². The maximum atomic E-state index is 12.6. The van der Waals surface area contributed by atoms with E-state index < -0.39 is 6.04 Å². The molecule has 2 heterocycles. The topological polar surface area (TPSA) is 71.5 Å². The van der Waals surface area contributed by atoms with E-state index in [1.165, 1.54) is 0 Å². The fourth-order valence-electron chi connectivity index (χ4n) is 2.55. The fraction of sp³-hybridized carbons (Fsp3) is 0.278. The first kappa shape index (κ1) is 16.1. The van der Waals surface area contributed by atoms with Gasteiger partial charge >= 0.3 is 0 Å². The summed E-state index contributed by atoms with van der Waals surface area (Å²) >= 11 is 0. The van der Waals surface area contributed by atoms with Crippen LogP contribution in [0.25, 0.3) is 0 Å². The van der Waals surface area contributed by atoms with Gasteiger partial charge in [0, 0.05) is 12.7 Å². The van der Waals surface area contributed by atoms with Crippen molar-refractivity contribution in [1.82, 2.24) is 9.88 Å². The van der Waals surface area contributed by atoms with Gasteiger partial charge < -0.3 is 15.0 Å². The van der Waals surface area contributed by atoms with Crippen LogP contribution in [0.5, 0.6) is 0 Å². The summed E-state index contributed by atoms with van der Waals surface area (Å²) in [7, 11) is 0. The Morgan fingerprint density at radius 2 is 2.08 bits per heavy atom. The Bertz CT molecular complexity index is 716. The summed E-state index contributed by atoms with van der Waals surface area (Å²) in [6.45, 7) is 2.48. The molecule has 0 radical (unpaired) electrons. The number of nitrogens with one attached hydrogen (secondary N) is 1. The number of hydrogen-bond acceptors (Lipinski definition) is 4. The molecule has 1 atom stereocenters. The molecule has 1 N–H and O–H groups in total. The van der Waals surface area contributed by atoms with Gasteiger partial charge in [0.25, 0.3) is 5.91 Å². The summed E-state index contributed by atoms with van der Waals surface area (Å²) in [4.78, 5) is 30.5. The molecule has 0 unspecified atom stereocenters. The number of anilines is 1. The maximum absolute atomic E-state index is 12.6. The lowest BCUT2D eigenvalue weighted by Gasteiger charge is -2.34. The second-order valence-electron chi connectivity index (χ2n) is 5.75. The second-order valence-corrected chi connectivity index (χ2v) is 5.75. The van der Waals surface area contributed by atoms with E-state index >= 15 is 0 Å². The van der Waals surface area contributed by atoms with Crippen molar-refractivity contribution in [1.29, 1.82) is 0 Å². The number of rotatable bonds is 4. The van der Waals surface area contributed by atoms with Crippen molar-refractivity contribution in [2.24, 2.45) is 0 Å². The van der Waals surface area contributed by atoms with E-state index in [2.05, 4.69) is 10.3 Å². The molecule has 6 nitrogen and oxygen atoms in total. The Labute approximate surface area is 140 Å². The molecule has 0 saturated carbocycles. The molecule has 3 rings (SSSR count). The van der Waals surface area contributed by atoms with Crippen molar-refractivity contribution in [3.8, 4) is 0 Å². The molecule has 0 bridgehead atoms. The van der Waals surface area contributed by atoms with E-state index in [1.807, 2.05) is 43.3 Å². The molecular weight excluding hydrogens is 306 g/mol. The molecule has 24 heavy (non-hydrogen) atoms. The number of pyridine rings is 1. The molecule has 1 aromatic heterocycles. The van der Waals surface area contributed by atoms with E-state index in [9.17, 15) is 9.59 Å². The van der Waals surface area contributed by atoms with Crippen LogP contribution in [0.4, 0.5) is 5.82 Å². The monoisotopic (exact) mass is 325 g/mol. The highest BCUT2D eigenvalue weighted by Gasteiger charge is 2.34. The summed E-state index contributed by atoms with van der Waals surface area (Å²) in [6, 6.07) is 12.5. The van der Waals surface area contributed by atoms with Gasteiger partial charge in [0.1, 0.15) is 18.5 Å². The third kappa shape index (κ3) is 3.78. The normalized spacial score (nSPS) is 17.6. The highest BCUT2D eigenvalue weighted by atomic mass is 16.5. The number of nitrogens with zero attached hydrogens (tertiary/aromatic N) is 2. The average Bonchev–Trinajstić information content (AvgIpc) is 2.59. The van der Waals surface area contributed by atoms with E-state index in [-0.39, 0.29) is 25.0 Å². The van der Waals surface area contributed by atoms with Gasteiger partial charge in [-0.1, -0.05) is 36.4 Å². The predicted octanol–water partition coefficient (Wildman–Crippen LogP) is 1.76. The predicted molar refractivity (Wildman–Crippen MR) is 89.2 cm³/mol. The number of amides is 2. The molecule has 1 aromatic carbocycles. The van der Waals surface area contributed by atoms with E-state index in [0.717, 1.165) is 11.1 Å². The third-order valence-electron chi connectivity index (χ3n) is 3.86. The first-order valence-electron chi connectivity index (χ1n) is 7.78. The zero-order valence-electron chi connectivity index (χ0n) is 13.4. The molecule has 2 amide bonds. The number of ether oxygens (including phenoxy) is 1. The first-order valence-corrected chi connectivity index (χ1v) is 7.78. The zero-order valence-corrected chi connectivity index (χ0v) is 13.4. The van der Waals surface area contributed by atoms with E-state index in [1.54, 1.807) is 17.2 Å². The van der Waals surface area contributed by atoms with Crippen LogP contribution >= 0.6 is 0 Å². The number of morpholine rings is 1. The summed E-state index contributed by atoms with van der Waals surface area (Å²) < 4.78 is 5.27. The molecule has 2 aromatic rings. The molecule has 124 valence electrons. The third-order valence-corrected chi connectivity index (χ3v) is 3.86. The number of aromatic nitrogens is 1. The SMILES string of the molecule is Cc1ccc(NC(=O)[C@@H]2COCC(=O)N2Cc2ccccc2)nc1. The van der Waals surface area contributed by atoms with Gasteiger partial charge in [-0.25, -0.2) is 4.98 Å². The first-order chi connectivity index (χ1) is 11.6. The van der Waals surface area contributed by atoms with Gasteiger partial charge in [0.15, 0.2) is 0 Å². The van der Waals surface area contributed by atoms with Crippen molar-refractivity contribution < 1.29 is 14.3 Å².